The first-order chi connectivity index (χ1) is 20.8. The second kappa shape index (κ2) is 11.7. The molecule has 1 aromatic heterocycles. The molecule has 0 fully saturated rings. The smallest absolute Gasteiger partial charge is 0.0434 e. The highest BCUT2D eigenvalue weighted by Gasteiger charge is 2.25. The van der Waals surface area contributed by atoms with Gasteiger partial charge in [0.2, 0.25) is 0 Å². The van der Waals surface area contributed by atoms with Crippen LogP contribution in [0.1, 0.15) is 105 Å². The minimum absolute atomic E-state index is 0.102. The van der Waals surface area contributed by atoms with Gasteiger partial charge in [0.05, 0.1) is 0 Å². The van der Waals surface area contributed by atoms with E-state index in [0.717, 1.165) is 0 Å². The molecule has 0 saturated carbocycles. The highest BCUT2D eigenvalue weighted by atomic mass is 32.1. The van der Waals surface area contributed by atoms with E-state index in [1.165, 1.54) is 65.4 Å². The highest BCUT2D eigenvalue weighted by molar-refractivity contribution is 7.20. The van der Waals surface area contributed by atoms with Gasteiger partial charge >= 0.3 is 0 Å². The van der Waals surface area contributed by atoms with Crippen molar-refractivity contribution in [2.24, 2.45) is 0 Å². The first-order valence-corrected chi connectivity index (χ1v) is 17.3. The lowest BCUT2D eigenvalue weighted by Gasteiger charge is -2.21. The molecule has 45 heavy (non-hydrogen) atoms. The molecule has 0 aliphatic carbocycles. The predicted octanol–water partition coefficient (Wildman–Crippen LogP) is 13.6. The number of hydrogen-bond acceptors (Lipinski definition) is 1. The third kappa shape index (κ3) is 7.05. The summed E-state index contributed by atoms with van der Waals surface area (Å²) in [6.45, 7) is 27.4. The summed E-state index contributed by atoms with van der Waals surface area (Å²) in [6.07, 6.45) is 0. The fourth-order valence-electron chi connectivity index (χ4n) is 5.91. The molecule has 0 amide bonds. The van der Waals surface area contributed by atoms with E-state index in [4.69, 9.17) is 0 Å². The van der Waals surface area contributed by atoms with Gasteiger partial charge in [0.25, 0.3) is 0 Å². The summed E-state index contributed by atoms with van der Waals surface area (Å²) in [5.41, 5.74) is 13.6. The van der Waals surface area contributed by atoms with E-state index in [1.807, 2.05) is 11.3 Å². The van der Waals surface area contributed by atoms with Crippen LogP contribution in [-0.2, 0) is 21.7 Å². The first kappa shape index (κ1) is 33.0. The summed E-state index contributed by atoms with van der Waals surface area (Å²) in [6, 6.07) is 37.3. The molecule has 0 aliphatic rings. The minimum Gasteiger partial charge on any atom is -0.134 e. The SMILES string of the molecule is CC(C)(C)c1ccc(-c2sc(-c3ccc(C(C)(C)C)cc3)c(-c3ccc(C(C)(C)C)cc3)c2-c2ccc(C(C)(C)C)cc2)cc1. The van der Waals surface area contributed by atoms with E-state index in [2.05, 4.69) is 180 Å². The van der Waals surface area contributed by atoms with Crippen molar-refractivity contribution in [1.82, 2.24) is 0 Å². The fraction of sp³-hybridized carbons (Fsp3) is 0.364. The van der Waals surface area contributed by atoms with Crippen LogP contribution in [0.25, 0.3) is 43.1 Å². The summed E-state index contributed by atoms with van der Waals surface area (Å²) in [5.74, 6) is 0. The van der Waals surface area contributed by atoms with Gasteiger partial charge in [-0.2, -0.15) is 0 Å². The van der Waals surface area contributed by atoms with Gasteiger partial charge < -0.3 is 0 Å². The largest absolute Gasteiger partial charge is 0.134 e. The van der Waals surface area contributed by atoms with Crippen molar-refractivity contribution in [2.75, 3.05) is 0 Å². The first-order valence-electron chi connectivity index (χ1n) is 16.4. The van der Waals surface area contributed by atoms with Crippen LogP contribution in [0.5, 0.6) is 0 Å². The molecule has 0 bridgehead atoms. The summed E-state index contributed by atoms with van der Waals surface area (Å²) in [5, 5.41) is 0. The molecule has 0 atom stereocenters. The zero-order chi connectivity index (χ0) is 32.9. The zero-order valence-electron chi connectivity index (χ0n) is 29.6. The number of hydrogen-bond donors (Lipinski definition) is 0. The molecule has 1 heterocycles. The molecule has 0 N–H and O–H groups in total. The minimum atomic E-state index is 0.102. The second-order valence-electron chi connectivity index (χ2n) is 16.8. The summed E-state index contributed by atoms with van der Waals surface area (Å²) >= 11 is 1.93. The Morgan fingerprint density at radius 3 is 0.689 bits per heavy atom. The van der Waals surface area contributed by atoms with E-state index >= 15 is 0 Å². The van der Waals surface area contributed by atoms with Crippen LogP contribution in [0.15, 0.2) is 97.1 Å². The molecule has 0 spiro atoms. The van der Waals surface area contributed by atoms with Crippen molar-refractivity contribution in [3.63, 3.8) is 0 Å². The lowest BCUT2D eigenvalue weighted by Crippen LogP contribution is -2.10. The van der Waals surface area contributed by atoms with E-state index in [1.54, 1.807) is 0 Å². The van der Waals surface area contributed by atoms with Gasteiger partial charge in [-0.15, -0.1) is 11.3 Å². The molecule has 0 nitrogen and oxygen atoms in total. The van der Waals surface area contributed by atoms with Gasteiger partial charge in [0.15, 0.2) is 0 Å². The third-order valence-electron chi connectivity index (χ3n) is 9.01. The van der Waals surface area contributed by atoms with E-state index in [9.17, 15) is 0 Å². The third-order valence-corrected chi connectivity index (χ3v) is 10.3. The van der Waals surface area contributed by atoms with Crippen molar-refractivity contribution >= 4 is 11.3 Å². The average molecular weight is 613 g/mol. The monoisotopic (exact) mass is 612 g/mol. The Bertz CT molecular complexity index is 1610. The van der Waals surface area contributed by atoms with Crippen LogP contribution in [0.3, 0.4) is 0 Å². The molecule has 0 saturated heterocycles. The van der Waals surface area contributed by atoms with Crippen LogP contribution in [0.4, 0.5) is 0 Å². The maximum atomic E-state index is 2.34. The molecule has 0 radical (unpaired) electrons. The Balaban J connectivity index is 1.82. The average Bonchev–Trinajstić information content (AvgIpc) is 3.36. The normalized spacial score (nSPS) is 12.9. The van der Waals surface area contributed by atoms with Crippen LogP contribution in [-0.4, -0.2) is 0 Å². The van der Waals surface area contributed by atoms with Crippen molar-refractivity contribution in [3.05, 3.63) is 119 Å². The second-order valence-corrected chi connectivity index (χ2v) is 17.8. The molecule has 234 valence electrons. The van der Waals surface area contributed by atoms with Gasteiger partial charge in [0, 0.05) is 20.9 Å². The molecule has 5 rings (SSSR count). The Morgan fingerprint density at radius 1 is 0.289 bits per heavy atom. The predicted molar refractivity (Wildman–Crippen MR) is 201 cm³/mol. The standard InChI is InChI=1S/C44H52S/c1-41(2,3)33-21-13-29(14-22-33)37-38(30-15-23-34(24-16-30)42(4,5)6)40(32-19-27-36(28-20-32)44(10,11)12)45-39(37)31-17-25-35(26-18-31)43(7,8)9/h13-28H,1-12H3. The summed E-state index contributed by atoms with van der Waals surface area (Å²) < 4.78 is 0. The van der Waals surface area contributed by atoms with Gasteiger partial charge in [-0.05, 0) is 66.2 Å². The van der Waals surface area contributed by atoms with Crippen molar-refractivity contribution in [3.8, 4) is 43.1 Å². The van der Waals surface area contributed by atoms with Gasteiger partial charge in [-0.1, -0.05) is 180 Å². The quantitative estimate of drug-likeness (QED) is 0.189. The van der Waals surface area contributed by atoms with Gasteiger partial charge in [-0.25, -0.2) is 0 Å². The Labute approximate surface area is 277 Å². The molecule has 1 heteroatoms. The Hall–Kier alpha value is -3.42. The highest BCUT2D eigenvalue weighted by Crippen LogP contribution is 2.52. The number of benzene rings is 4. The number of thiophene rings is 1. The molecule has 5 aromatic rings. The van der Waals surface area contributed by atoms with Crippen molar-refractivity contribution in [2.45, 2.75) is 105 Å². The van der Waals surface area contributed by atoms with Crippen LogP contribution >= 0.6 is 11.3 Å². The lowest BCUT2D eigenvalue weighted by molar-refractivity contribution is 0.590. The topological polar surface area (TPSA) is 0 Å². The van der Waals surface area contributed by atoms with E-state index < -0.39 is 0 Å². The zero-order valence-corrected chi connectivity index (χ0v) is 30.5. The van der Waals surface area contributed by atoms with Gasteiger partial charge in [0.1, 0.15) is 0 Å². The molecular formula is C44H52S. The maximum absolute atomic E-state index is 2.34. The van der Waals surface area contributed by atoms with Gasteiger partial charge in [-0.3, -0.25) is 0 Å². The molecule has 0 unspecified atom stereocenters. The van der Waals surface area contributed by atoms with Crippen LogP contribution < -0.4 is 0 Å². The van der Waals surface area contributed by atoms with Crippen molar-refractivity contribution in [1.29, 1.82) is 0 Å². The van der Waals surface area contributed by atoms with E-state index in [0.29, 0.717) is 0 Å². The summed E-state index contributed by atoms with van der Waals surface area (Å²) in [4.78, 5) is 2.65. The molecule has 0 aliphatic heterocycles. The molecule has 4 aromatic carbocycles. The van der Waals surface area contributed by atoms with Crippen molar-refractivity contribution < 1.29 is 0 Å². The lowest BCUT2D eigenvalue weighted by atomic mass is 9.83. The van der Waals surface area contributed by atoms with E-state index in [-0.39, 0.29) is 21.7 Å². The van der Waals surface area contributed by atoms with Crippen LogP contribution in [0.2, 0.25) is 0 Å². The Morgan fingerprint density at radius 2 is 0.489 bits per heavy atom. The maximum Gasteiger partial charge on any atom is 0.0434 e. The Kier molecular flexibility index (Phi) is 8.60. The molecular weight excluding hydrogens is 561 g/mol. The summed E-state index contributed by atoms with van der Waals surface area (Å²) in [7, 11) is 0. The fourth-order valence-corrected chi connectivity index (χ4v) is 7.26. The number of rotatable bonds is 4. The van der Waals surface area contributed by atoms with Crippen LogP contribution in [0, 0.1) is 0 Å².